The number of piperazine rings is 1. The standard InChI is InChI=1S/C19H24N8O2/c1-10-8-26(9-11(2)21-10)18-24-16-13(5-12-6-15(28)23-17(12)29)7-20-27(16)19(25-18)22-14-3-4-14/h5,7,10-11,14,21H,3-4,6,8-9H2,1-2H3,(H,22,24,25)(H,23,28,29)/b12-5+/t10-,11+. The van der Waals surface area contributed by atoms with Crippen LogP contribution in [0.3, 0.4) is 0 Å². The van der Waals surface area contributed by atoms with Crippen LogP contribution < -0.4 is 20.9 Å². The Kier molecular flexibility index (Phi) is 4.23. The molecule has 152 valence electrons. The third-order valence-electron chi connectivity index (χ3n) is 5.36. The van der Waals surface area contributed by atoms with E-state index in [0.717, 1.165) is 25.9 Å². The number of nitrogens with one attached hydrogen (secondary N) is 3. The second-order valence-corrected chi connectivity index (χ2v) is 8.20. The number of hydrogen-bond donors (Lipinski definition) is 3. The van der Waals surface area contributed by atoms with E-state index in [1.54, 1.807) is 16.8 Å². The van der Waals surface area contributed by atoms with Gasteiger partial charge in [-0.05, 0) is 32.8 Å². The lowest BCUT2D eigenvalue weighted by Crippen LogP contribution is -2.54. The van der Waals surface area contributed by atoms with Crippen LogP contribution in [0.1, 0.15) is 38.7 Å². The van der Waals surface area contributed by atoms with Gasteiger partial charge in [-0.3, -0.25) is 14.9 Å². The predicted molar refractivity (Wildman–Crippen MR) is 107 cm³/mol. The van der Waals surface area contributed by atoms with E-state index in [9.17, 15) is 9.59 Å². The number of aromatic nitrogens is 4. The Labute approximate surface area is 167 Å². The quantitative estimate of drug-likeness (QED) is 0.500. The molecule has 2 amide bonds. The largest absolute Gasteiger partial charge is 0.351 e. The van der Waals surface area contributed by atoms with E-state index < -0.39 is 0 Å². The summed E-state index contributed by atoms with van der Waals surface area (Å²) in [6, 6.07) is 1.07. The molecule has 5 rings (SSSR count). The highest BCUT2D eigenvalue weighted by atomic mass is 16.2. The average Bonchev–Trinajstić information content (AvgIpc) is 3.29. The second-order valence-electron chi connectivity index (χ2n) is 8.20. The van der Waals surface area contributed by atoms with Crippen molar-refractivity contribution in [3.63, 3.8) is 0 Å². The molecule has 2 atom stereocenters. The molecule has 2 aliphatic heterocycles. The molecule has 0 aromatic carbocycles. The lowest BCUT2D eigenvalue weighted by atomic mass is 10.1. The van der Waals surface area contributed by atoms with Crippen molar-refractivity contribution in [3.8, 4) is 0 Å². The van der Waals surface area contributed by atoms with Gasteiger partial charge in [-0.15, -0.1) is 0 Å². The Hall–Kier alpha value is -3.01. The Balaban J connectivity index is 1.58. The van der Waals surface area contributed by atoms with Gasteiger partial charge in [0.2, 0.25) is 17.8 Å². The van der Waals surface area contributed by atoms with Crippen molar-refractivity contribution in [1.29, 1.82) is 0 Å². The minimum atomic E-state index is -0.357. The normalized spacial score (nSPS) is 26.4. The van der Waals surface area contributed by atoms with Crippen LogP contribution >= 0.6 is 0 Å². The summed E-state index contributed by atoms with van der Waals surface area (Å²) in [6.45, 7) is 5.92. The first-order valence-corrected chi connectivity index (χ1v) is 10.0. The molecule has 29 heavy (non-hydrogen) atoms. The van der Waals surface area contributed by atoms with Gasteiger partial charge >= 0.3 is 0 Å². The number of imide groups is 1. The van der Waals surface area contributed by atoms with Gasteiger partial charge in [-0.25, -0.2) is 0 Å². The summed E-state index contributed by atoms with van der Waals surface area (Å²) >= 11 is 0. The Morgan fingerprint density at radius 3 is 2.59 bits per heavy atom. The maximum Gasteiger partial charge on any atom is 0.254 e. The number of hydrogen-bond acceptors (Lipinski definition) is 8. The highest BCUT2D eigenvalue weighted by molar-refractivity contribution is 6.15. The fourth-order valence-corrected chi connectivity index (χ4v) is 3.93. The molecular formula is C19H24N8O2. The number of nitrogens with zero attached hydrogens (tertiary/aromatic N) is 5. The maximum absolute atomic E-state index is 12.0. The maximum atomic E-state index is 12.0. The molecule has 0 spiro atoms. The smallest absolute Gasteiger partial charge is 0.254 e. The van der Waals surface area contributed by atoms with Gasteiger partial charge in [-0.1, -0.05) is 0 Å². The summed E-state index contributed by atoms with van der Waals surface area (Å²) < 4.78 is 1.68. The Bertz CT molecular complexity index is 1010. The molecule has 10 heteroatoms. The SMILES string of the molecule is C[C@@H]1CN(c2nc(NC3CC3)n3ncc(/C=C4\CC(=O)NC4=O)c3n2)C[C@H](C)N1. The molecule has 0 unspecified atom stereocenters. The zero-order chi connectivity index (χ0) is 20.1. The minimum Gasteiger partial charge on any atom is -0.351 e. The lowest BCUT2D eigenvalue weighted by Gasteiger charge is -2.36. The molecule has 3 N–H and O–H groups in total. The van der Waals surface area contributed by atoms with E-state index in [-0.39, 0.29) is 18.2 Å². The van der Waals surface area contributed by atoms with Crippen LogP contribution in [0.15, 0.2) is 11.8 Å². The van der Waals surface area contributed by atoms with Gasteiger partial charge in [0.1, 0.15) is 0 Å². The van der Waals surface area contributed by atoms with Gasteiger partial charge in [0.05, 0.1) is 12.6 Å². The number of rotatable bonds is 4. The lowest BCUT2D eigenvalue weighted by molar-refractivity contribution is -0.124. The first-order chi connectivity index (χ1) is 14.0. The molecule has 4 heterocycles. The van der Waals surface area contributed by atoms with Crippen molar-refractivity contribution in [1.82, 2.24) is 30.2 Å². The number of amides is 2. The van der Waals surface area contributed by atoms with E-state index in [2.05, 4.69) is 39.8 Å². The molecule has 10 nitrogen and oxygen atoms in total. The van der Waals surface area contributed by atoms with E-state index in [4.69, 9.17) is 9.97 Å². The van der Waals surface area contributed by atoms with Gasteiger partial charge < -0.3 is 15.5 Å². The van der Waals surface area contributed by atoms with Crippen molar-refractivity contribution < 1.29 is 9.59 Å². The van der Waals surface area contributed by atoms with Gasteiger partial charge in [0, 0.05) is 42.4 Å². The fraction of sp³-hybridized carbons (Fsp3) is 0.526. The third-order valence-corrected chi connectivity index (χ3v) is 5.36. The Morgan fingerprint density at radius 2 is 1.93 bits per heavy atom. The van der Waals surface area contributed by atoms with E-state index >= 15 is 0 Å². The molecule has 0 bridgehead atoms. The van der Waals surface area contributed by atoms with Crippen molar-refractivity contribution in [2.75, 3.05) is 23.3 Å². The first-order valence-electron chi connectivity index (χ1n) is 10.0. The van der Waals surface area contributed by atoms with Crippen molar-refractivity contribution >= 4 is 35.4 Å². The van der Waals surface area contributed by atoms with Gasteiger partial charge in [-0.2, -0.15) is 19.6 Å². The summed E-state index contributed by atoms with van der Waals surface area (Å²) in [6.07, 6.45) is 5.67. The van der Waals surface area contributed by atoms with E-state index in [0.29, 0.717) is 46.8 Å². The zero-order valence-electron chi connectivity index (χ0n) is 16.5. The Morgan fingerprint density at radius 1 is 1.17 bits per heavy atom. The number of fused-ring (bicyclic) bond motifs is 1. The van der Waals surface area contributed by atoms with Gasteiger partial charge in [0.15, 0.2) is 5.65 Å². The van der Waals surface area contributed by atoms with Crippen molar-refractivity contribution in [2.45, 2.75) is 51.2 Å². The summed E-state index contributed by atoms with van der Waals surface area (Å²) in [5.41, 5.74) is 1.74. The van der Waals surface area contributed by atoms with Crippen LogP contribution in [0.25, 0.3) is 11.7 Å². The molecule has 3 aliphatic rings. The molecular weight excluding hydrogens is 372 g/mol. The summed E-state index contributed by atoms with van der Waals surface area (Å²) in [7, 11) is 0. The highest BCUT2D eigenvalue weighted by Crippen LogP contribution is 2.27. The van der Waals surface area contributed by atoms with E-state index in [1.165, 1.54) is 0 Å². The summed E-state index contributed by atoms with van der Waals surface area (Å²) in [5.74, 6) is 0.661. The summed E-state index contributed by atoms with van der Waals surface area (Å²) in [5, 5.41) is 13.7. The molecule has 2 aromatic rings. The van der Waals surface area contributed by atoms with Crippen LogP contribution in [0, 0.1) is 0 Å². The van der Waals surface area contributed by atoms with Crippen LogP contribution in [-0.2, 0) is 9.59 Å². The number of anilines is 2. The number of carbonyl (C=O) groups excluding carboxylic acids is 2. The molecule has 1 aliphatic carbocycles. The van der Waals surface area contributed by atoms with Crippen LogP contribution in [-0.4, -0.2) is 62.6 Å². The first kappa shape index (κ1) is 18.0. The highest BCUT2D eigenvalue weighted by Gasteiger charge is 2.28. The second kappa shape index (κ2) is 6.80. The van der Waals surface area contributed by atoms with Crippen molar-refractivity contribution in [3.05, 3.63) is 17.3 Å². The topological polar surface area (TPSA) is 117 Å². The third kappa shape index (κ3) is 3.55. The molecule has 2 saturated heterocycles. The van der Waals surface area contributed by atoms with Crippen LogP contribution in [0.4, 0.5) is 11.9 Å². The number of carbonyl (C=O) groups is 2. The predicted octanol–water partition coefficient (Wildman–Crippen LogP) is 0.315. The molecule has 3 fully saturated rings. The van der Waals surface area contributed by atoms with Gasteiger partial charge in [0.25, 0.3) is 5.91 Å². The molecule has 2 aromatic heterocycles. The zero-order valence-corrected chi connectivity index (χ0v) is 16.5. The minimum absolute atomic E-state index is 0.0775. The average molecular weight is 396 g/mol. The fourth-order valence-electron chi connectivity index (χ4n) is 3.93. The van der Waals surface area contributed by atoms with Crippen molar-refractivity contribution in [2.24, 2.45) is 0 Å². The molecule has 0 radical (unpaired) electrons. The monoisotopic (exact) mass is 396 g/mol. The van der Waals surface area contributed by atoms with Crippen LogP contribution in [0.5, 0.6) is 0 Å². The van der Waals surface area contributed by atoms with Crippen LogP contribution in [0.2, 0.25) is 0 Å². The van der Waals surface area contributed by atoms with E-state index in [1.807, 2.05) is 0 Å². The summed E-state index contributed by atoms with van der Waals surface area (Å²) in [4.78, 5) is 35.2. The molecule has 1 saturated carbocycles.